The van der Waals surface area contributed by atoms with Crippen LogP contribution >= 0.6 is 11.6 Å². The summed E-state index contributed by atoms with van der Waals surface area (Å²) in [6.07, 6.45) is 1.54. The highest BCUT2D eigenvalue weighted by Gasteiger charge is 2.20. The summed E-state index contributed by atoms with van der Waals surface area (Å²) < 4.78 is 25.4. The van der Waals surface area contributed by atoms with Crippen LogP contribution in [0, 0.1) is 0 Å². The summed E-state index contributed by atoms with van der Waals surface area (Å²) in [5.41, 5.74) is 0.651. The Morgan fingerprint density at radius 3 is 2.47 bits per heavy atom. The van der Waals surface area contributed by atoms with Crippen molar-refractivity contribution in [2.45, 2.75) is 19.4 Å². The predicted molar refractivity (Wildman–Crippen MR) is 74.3 cm³/mol. The Bertz CT molecular complexity index is 566. The minimum absolute atomic E-state index is 0.170. The number of carbonyl (C=O) groups is 1. The van der Waals surface area contributed by atoms with E-state index in [1.54, 1.807) is 31.2 Å². The minimum Gasteiger partial charge on any atom is -0.480 e. The van der Waals surface area contributed by atoms with Crippen molar-refractivity contribution in [3.05, 3.63) is 40.3 Å². The Balaban J connectivity index is 2.79. The van der Waals surface area contributed by atoms with Crippen molar-refractivity contribution in [2.24, 2.45) is 0 Å². The molecule has 1 aromatic rings. The summed E-state index contributed by atoms with van der Waals surface area (Å²) in [5, 5.41) is 10.3. The lowest BCUT2D eigenvalue weighted by molar-refractivity contribution is -0.139. The molecule has 0 aliphatic heterocycles. The Morgan fingerprint density at radius 1 is 1.42 bits per heavy atom. The first-order valence-corrected chi connectivity index (χ1v) is 7.45. The van der Waals surface area contributed by atoms with E-state index in [4.69, 9.17) is 16.7 Å². The second-order valence-corrected chi connectivity index (χ2v) is 5.85. The van der Waals surface area contributed by atoms with Crippen molar-refractivity contribution in [1.29, 1.82) is 0 Å². The molecule has 0 unspecified atom stereocenters. The molecule has 0 aliphatic carbocycles. The van der Waals surface area contributed by atoms with Gasteiger partial charge in [0.25, 0.3) is 0 Å². The summed E-state index contributed by atoms with van der Waals surface area (Å²) in [6.45, 7) is 1.59. The Kier molecular flexibility index (Phi) is 5.53. The van der Waals surface area contributed by atoms with Crippen LogP contribution in [0.15, 0.2) is 29.7 Å². The fraction of sp³-hybridized carbons (Fsp3) is 0.250. The molecule has 2 N–H and O–H groups in total. The predicted octanol–water partition coefficient (Wildman–Crippen LogP) is 2.09. The van der Waals surface area contributed by atoms with Crippen LogP contribution in [0.5, 0.6) is 0 Å². The first kappa shape index (κ1) is 15.7. The molecule has 104 valence electrons. The van der Waals surface area contributed by atoms with Gasteiger partial charge in [-0.15, -0.1) is 0 Å². The molecule has 0 fully saturated rings. The van der Waals surface area contributed by atoms with Gasteiger partial charge in [-0.1, -0.05) is 30.7 Å². The van der Waals surface area contributed by atoms with Crippen LogP contribution in [0.1, 0.15) is 18.9 Å². The molecule has 0 aromatic heterocycles. The van der Waals surface area contributed by atoms with E-state index in [1.807, 2.05) is 0 Å². The number of carboxylic acid groups (broad SMARTS) is 1. The lowest BCUT2D eigenvalue weighted by atomic mass is 10.2. The Hall–Kier alpha value is -1.37. The van der Waals surface area contributed by atoms with E-state index in [0.717, 1.165) is 5.41 Å². The molecule has 5 nitrogen and oxygen atoms in total. The van der Waals surface area contributed by atoms with Gasteiger partial charge in [0.1, 0.15) is 6.04 Å². The maximum atomic E-state index is 11.7. The first-order chi connectivity index (χ1) is 8.84. The van der Waals surface area contributed by atoms with Crippen molar-refractivity contribution in [3.8, 4) is 0 Å². The number of carboxylic acids is 1. The molecule has 1 atom stereocenters. The van der Waals surface area contributed by atoms with Crippen LogP contribution in [0.25, 0.3) is 6.08 Å². The number of halogens is 1. The van der Waals surface area contributed by atoms with E-state index in [9.17, 15) is 13.2 Å². The number of sulfonamides is 1. The van der Waals surface area contributed by atoms with Crippen LogP contribution in [0.3, 0.4) is 0 Å². The molecule has 0 amide bonds. The number of hydrogen-bond acceptors (Lipinski definition) is 3. The van der Waals surface area contributed by atoms with Crippen molar-refractivity contribution in [2.75, 3.05) is 0 Å². The zero-order valence-corrected chi connectivity index (χ0v) is 11.8. The lowest BCUT2D eigenvalue weighted by Gasteiger charge is -2.09. The monoisotopic (exact) mass is 303 g/mol. The van der Waals surface area contributed by atoms with E-state index < -0.39 is 22.0 Å². The lowest BCUT2D eigenvalue weighted by Crippen LogP contribution is -2.39. The highest BCUT2D eigenvalue weighted by atomic mass is 35.5. The quantitative estimate of drug-likeness (QED) is 0.843. The molecule has 0 saturated carbocycles. The van der Waals surface area contributed by atoms with Gasteiger partial charge in [-0.2, -0.15) is 4.72 Å². The van der Waals surface area contributed by atoms with Gasteiger partial charge in [-0.05, 0) is 30.2 Å². The van der Waals surface area contributed by atoms with Crippen LogP contribution in [0.2, 0.25) is 5.02 Å². The molecule has 1 rings (SSSR count). The highest BCUT2D eigenvalue weighted by Crippen LogP contribution is 2.11. The van der Waals surface area contributed by atoms with Gasteiger partial charge in [0.2, 0.25) is 10.0 Å². The molecule has 0 spiro atoms. The van der Waals surface area contributed by atoms with E-state index in [-0.39, 0.29) is 6.42 Å². The third-order valence-electron chi connectivity index (χ3n) is 2.32. The average molecular weight is 304 g/mol. The van der Waals surface area contributed by atoms with Gasteiger partial charge in [-0.3, -0.25) is 4.79 Å². The smallest absolute Gasteiger partial charge is 0.321 e. The number of aliphatic carboxylic acids is 1. The van der Waals surface area contributed by atoms with Crippen LogP contribution < -0.4 is 4.72 Å². The van der Waals surface area contributed by atoms with Crippen LogP contribution in [-0.2, 0) is 14.8 Å². The molecule has 0 saturated heterocycles. The Morgan fingerprint density at radius 2 is 2.00 bits per heavy atom. The summed E-state index contributed by atoms with van der Waals surface area (Å²) in [5.74, 6) is -1.20. The number of rotatable bonds is 6. The van der Waals surface area contributed by atoms with E-state index >= 15 is 0 Å². The van der Waals surface area contributed by atoms with Crippen molar-refractivity contribution in [3.63, 3.8) is 0 Å². The number of benzene rings is 1. The molecular weight excluding hydrogens is 290 g/mol. The van der Waals surface area contributed by atoms with E-state index in [2.05, 4.69) is 4.72 Å². The summed E-state index contributed by atoms with van der Waals surface area (Å²) >= 11 is 5.70. The molecule has 0 heterocycles. The molecule has 0 aliphatic rings. The van der Waals surface area contributed by atoms with Crippen molar-refractivity contribution >= 4 is 33.7 Å². The maximum absolute atomic E-state index is 11.7. The summed E-state index contributed by atoms with van der Waals surface area (Å²) in [4.78, 5) is 10.8. The van der Waals surface area contributed by atoms with Crippen molar-refractivity contribution < 1.29 is 18.3 Å². The SMILES string of the molecule is CC[C@@H](NS(=O)(=O)C=Cc1ccc(Cl)cc1)C(=O)O. The molecule has 19 heavy (non-hydrogen) atoms. The zero-order chi connectivity index (χ0) is 14.5. The van der Waals surface area contributed by atoms with Gasteiger partial charge >= 0.3 is 5.97 Å². The molecule has 7 heteroatoms. The molecule has 1 aromatic carbocycles. The summed E-state index contributed by atoms with van der Waals surface area (Å²) in [7, 11) is -3.79. The number of nitrogens with one attached hydrogen (secondary N) is 1. The minimum atomic E-state index is -3.79. The molecular formula is C12H14ClNO4S. The van der Waals surface area contributed by atoms with Gasteiger partial charge in [0.05, 0.1) is 0 Å². The van der Waals surface area contributed by atoms with Gasteiger partial charge in [0, 0.05) is 10.4 Å². The van der Waals surface area contributed by atoms with Crippen molar-refractivity contribution in [1.82, 2.24) is 4.72 Å². The largest absolute Gasteiger partial charge is 0.480 e. The fourth-order valence-electron chi connectivity index (χ4n) is 1.29. The zero-order valence-electron chi connectivity index (χ0n) is 10.2. The van der Waals surface area contributed by atoms with E-state index in [1.165, 1.54) is 6.08 Å². The highest BCUT2D eigenvalue weighted by molar-refractivity contribution is 7.92. The van der Waals surface area contributed by atoms with Gasteiger partial charge < -0.3 is 5.11 Å². The second kappa shape index (κ2) is 6.70. The maximum Gasteiger partial charge on any atom is 0.321 e. The fourth-order valence-corrected chi connectivity index (χ4v) is 2.49. The third kappa shape index (κ3) is 5.42. The van der Waals surface area contributed by atoms with E-state index in [0.29, 0.717) is 10.6 Å². The number of hydrogen-bond donors (Lipinski definition) is 2. The third-order valence-corrected chi connectivity index (χ3v) is 3.68. The molecule has 0 radical (unpaired) electrons. The Labute approximate surface area is 117 Å². The first-order valence-electron chi connectivity index (χ1n) is 5.53. The normalized spacial score (nSPS) is 13.6. The average Bonchev–Trinajstić information content (AvgIpc) is 2.35. The standard InChI is InChI=1S/C12H14ClNO4S/c1-2-11(12(15)16)14-19(17,18)8-7-9-3-5-10(13)6-4-9/h3-8,11,14H,2H2,1H3,(H,15,16)/t11-/m1/s1. The second-order valence-electron chi connectivity index (χ2n) is 3.82. The molecule has 0 bridgehead atoms. The van der Waals surface area contributed by atoms with Gasteiger partial charge in [0.15, 0.2) is 0 Å². The topological polar surface area (TPSA) is 83.5 Å². The van der Waals surface area contributed by atoms with Gasteiger partial charge in [-0.25, -0.2) is 8.42 Å². The van der Waals surface area contributed by atoms with Crippen LogP contribution in [-0.4, -0.2) is 25.5 Å². The summed E-state index contributed by atoms with van der Waals surface area (Å²) in [6, 6.07) is 5.45. The van der Waals surface area contributed by atoms with Crippen LogP contribution in [0.4, 0.5) is 0 Å².